The fourth-order valence-electron chi connectivity index (χ4n) is 2.38. The Kier molecular flexibility index (Phi) is 3.81. The van der Waals surface area contributed by atoms with Gasteiger partial charge in [-0.1, -0.05) is 6.07 Å². The maximum absolute atomic E-state index is 12.2. The molecule has 1 amide bonds. The monoisotopic (exact) mass is 249 g/mol. The van der Waals surface area contributed by atoms with Crippen LogP contribution in [0.25, 0.3) is 0 Å². The highest BCUT2D eigenvalue weighted by molar-refractivity contribution is 5.92. The molecular formula is C13H19N3O2. The van der Waals surface area contributed by atoms with Crippen molar-refractivity contribution in [3.63, 3.8) is 0 Å². The van der Waals surface area contributed by atoms with Crippen LogP contribution in [0.2, 0.25) is 0 Å². The van der Waals surface area contributed by atoms with Crippen LogP contribution in [-0.2, 0) is 0 Å². The highest BCUT2D eigenvalue weighted by Gasteiger charge is 2.25. The van der Waals surface area contributed by atoms with Gasteiger partial charge in [-0.25, -0.2) is 0 Å². The summed E-state index contributed by atoms with van der Waals surface area (Å²) in [5.74, 6) is -0.118. The van der Waals surface area contributed by atoms with Gasteiger partial charge in [0.1, 0.15) is 5.69 Å². The van der Waals surface area contributed by atoms with Crippen molar-refractivity contribution >= 4 is 5.91 Å². The average Bonchev–Trinajstić information content (AvgIpc) is 2.37. The Bertz CT molecular complexity index is 483. The summed E-state index contributed by atoms with van der Waals surface area (Å²) in [6, 6.07) is 4.88. The highest BCUT2D eigenvalue weighted by atomic mass is 16.2. The van der Waals surface area contributed by atoms with Crippen molar-refractivity contribution in [1.82, 2.24) is 14.8 Å². The Labute approximate surface area is 106 Å². The van der Waals surface area contributed by atoms with E-state index in [9.17, 15) is 9.59 Å². The van der Waals surface area contributed by atoms with Gasteiger partial charge in [0.2, 0.25) is 5.56 Å². The molecule has 1 atom stereocenters. The maximum Gasteiger partial charge on any atom is 0.270 e. The minimum Gasteiger partial charge on any atom is -0.336 e. The van der Waals surface area contributed by atoms with Crippen LogP contribution in [0, 0.1) is 0 Å². The molecule has 0 aliphatic carbocycles. The summed E-state index contributed by atoms with van der Waals surface area (Å²) < 4.78 is 0. The summed E-state index contributed by atoms with van der Waals surface area (Å²) in [5.41, 5.74) is 0.119. The summed E-state index contributed by atoms with van der Waals surface area (Å²) in [6.07, 6.45) is 2.12. The predicted octanol–water partition coefficient (Wildman–Crippen LogP) is 0.541. The summed E-state index contributed by atoms with van der Waals surface area (Å²) >= 11 is 0. The third-order valence-corrected chi connectivity index (χ3v) is 3.47. The molecule has 1 aromatic rings. The molecule has 5 heteroatoms. The third kappa shape index (κ3) is 2.79. The first-order chi connectivity index (χ1) is 8.58. The van der Waals surface area contributed by atoms with E-state index in [4.69, 9.17) is 0 Å². The van der Waals surface area contributed by atoms with Gasteiger partial charge in [0.25, 0.3) is 5.91 Å². The van der Waals surface area contributed by atoms with E-state index in [1.54, 1.807) is 24.1 Å². The molecule has 1 N–H and O–H groups in total. The van der Waals surface area contributed by atoms with Crippen LogP contribution in [-0.4, -0.2) is 53.9 Å². The number of nitrogens with one attached hydrogen (secondary N) is 1. The molecule has 98 valence electrons. The lowest BCUT2D eigenvalue weighted by molar-refractivity contribution is 0.0638. The molecule has 1 aromatic heterocycles. The van der Waals surface area contributed by atoms with Gasteiger partial charge in [0.15, 0.2) is 0 Å². The number of hydrogen-bond donors (Lipinski definition) is 1. The third-order valence-electron chi connectivity index (χ3n) is 3.47. The second kappa shape index (κ2) is 5.35. The van der Waals surface area contributed by atoms with Crippen molar-refractivity contribution in [1.29, 1.82) is 0 Å². The first-order valence-electron chi connectivity index (χ1n) is 6.23. The Morgan fingerprint density at radius 1 is 1.50 bits per heavy atom. The number of piperidine rings is 1. The zero-order valence-corrected chi connectivity index (χ0v) is 10.8. The quantitative estimate of drug-likeness (QED) is 0.832. The van der Waals surface area contributed by atoms with E-state index in [0.717, 1.165) is 25.9 Å². The molecule has 0 saturated carbocycles. The fraction of sp³-hybridized carbons (Fsp3) is 0.538. The Morgan fingerprint density at radius 2 is 2.28 bits per heavy atom. The van der Waals surface area contributed by atoms with Gasteiger partial charge in [-0.3, -0.25) is 9.59 Å². The number of carbonyl (C=O) groups is 1. The van der Waals surface area contributed by atoms with E-state index in [1.807, 2.05) is 0 Å². The number of likely N-dealkylation sites (N-methyl/N-ethyl adjacent to an activating group) is 2. The minimum atomic E-state index is -0.241. The van der Waals surface area contributed by atoms with Gasteiger partial charge < -0.3 is 14.8 Å². The zero-order chi connectivity index (χ0) is 13.1. The van der Waals surface area contributed by atoms with Gasteiger partial charge in [-0.05, 0) is 32.5 Å². The number of aromatic amines is 1. The van der Waals surface area contributed by atoms with Crippen LogP contribution in [0.3, 0.4) is 0 Å². The standard InChI is InChI=1S/C13H19N3O2/c1-15-8-4-5-10(9-15)16(2)13(18)11-6-3-7-12(17)14-11/h3,6-7,10H,4-5,8-9H2,1-2H3,(H,14,17). The molecule has 0 aromatic carbocycles. The fourth-order valence-corrected chi connectivity index (χ4v) is 2.38. The zero-order valence-electron chi connectivity index (χ0n) is 10.8. The highest BCUT2D eigenvalue weighted by Crippen LogP contribution is 2.14. The van der Waals surface area contributed by atoms with Crippen molar-refractivity contribution in [3.05, 3.63) is 34.2 Å². The summed E-state index contributed by atoms with van der Waals surface area (Å²) in [4.78, 5) is 30.0. The van der Waals surface area contributed by atoms with Gasteiger partial charge >= 0.3 is 0 Å². The molecule has 1 fully saturated rings. The molecule has 1 unspecified atom stereocenters. The first-order valence-corrected chi connectivity index (χ1v) is 6.23. The smallest absolute Gasteiger partial charge is 0.270 e. The van der Waals surface area contributed by atoms with Crippen LogP contribution in [0.5, 0.6) is 0 Å². The summed E-state index contributed by atoms with van der Waals surface area (Å²) in [6.45, 7) is 1.97. The summed E-state index contributed by atoms with van der Waals surface area (Å²) in [5, 5.41) is 0. The lowest BCUT2D eigenvalue weighted by Gasteiger charge is -2.35. The van der Waals surface area contributed by atoms with E-state index >= 15 is 0 Å². The molecule has 18 heavy (non-hydrogen) atoms. The molecule has 5 nitrogen and oxygen atoms in total. The second-order valence-corrected chi connectivity index (χ2v) is 4.90. The van der Waals surface area contributed by atoms with Crippen LogP contribution in [0.4, 0.5) is 0 Å². The van der Waals surface area contributed by atoms with Crippen molar-refractivity contribution in [2.75, 3.05) is 27.2 Å². The molecule has 0 spiro atoms. The molecule has 1 aliphatic heterocycles. The van der Waals surface area contributed by atoms with Crippen LogP contribution in [0.15, 0.2) is 23.0 Å². The van der Waals surface area contributed by atoms with E-state index in [-0.39, 0.29) is 17.5 Å². The topological polar surface area (TPSA) is 56.4 Å². The lowest BCUT2D eigenvalue weighted by Crippen LogP contribution is -2.47. The number of H-pyrrole nitrogens is 1. The van der Waals surface area contributed by atoms with Crippen LogP contribution < -0.4 is 5.56 Å². The van der Waals surface area contributed by atoms with Gasteiger partial charge in [0.05, 0.1) is 0 Å². The normalized spacial score (nSPS) is 20.7. The Morgan fingerprint density at radius 3 is 2.94 bits per heavy atom. The number of likely N-dealkylation sites (tertiary alicyclic amines) is 1. The van der Waals surface area contributed by atoms with Crippen molar-refractivity contribution in [2.24, 2.45) is 0 Å². The van der Waals surface area contributed by atoms with Gasteiger partial charge in [-0.15, -0.1) is 0 Å². The van der Waals surface area contributed by atoms with Crippen LogP contribution in [0.1, 0.15) is 23.3 Å². The van der Waals surface area contributed by atoms with E-state index in [0.29, 0.717) is 5.69 Å². The maximum atomic E-state index is 12.2. The number of nitrogens with zero attached hydrogens (tertiary/aromatic N) is 2. The number of hydrogen-bond acceptors (Lipinski definition) is 3. The molecular weight excluding hydrogens is 230 g/mol. The Balaban J connectivity index is 2.11. The molecule has 2 heterocycles. The van der Waals surface area contributed by atoms with Crippen LogP contribution >= 0.6 is 0 Å². The van der Waals surface area contributed by atoms with E-state index in [2.05, 4.69) is 16.9 Å². The largest absolute Gasteiger partial charge is 0.336 e. The molecule has 0 bridgehead atoms. The average molecular weight is 249 g/mol. The Hall–Kier alpha value is -1.62. The predicted molar refractivity (Wildman–Crippen MR) is 69.7 cm³/mol. The van der Waals surface area contributed by atoms with Gasteiger partial charge in [-0.2, -0.15) is 0 Å². The van der Waals surface area contributed by atoms with Crippen molar-refractivity contribution in [2.45, 2.75) is 18.9 Å². The number of carbonyl (C=O) groups excluding carboxylic acids is 1. The second-order valence-electron chi connectivity index (χ2n) is 4.90. The van der Waals surface area contributed by atoms with Crippen molar-refractivity contribution < 1.29 is 4.79 Å². The first kappa shape index (κ1) is 12.8. The molecule has 2 rings (SSSR count). The minimum absolute atomic E-state index is 0.118. The summed E-state index contributed by atoms with van der Waals surface area (Å²) in [7, 11) is 3.87. The molecule has 0 radical (unpaired) electrons. The van der Waals surface area contributed by atoms with E-state index < -0.39 is 0 Å². The number of rotatable bonds is 2. The van der Waals surface area contributed by atoms with E-state index in [1.165, 1.54) is 6.07 Å². The SMILES string of the molecule is CN1CCCC(N(C)C(=O)c2cccc(=O)[nH]2)C1. The number of amides is 1. The number of pyridine rings is 1. The van der Waals surface area contributed by atoms with Gasteiger partial charge in [0, 0.05) is 25.7 Å². The molecule has 1 aliphatic rings. The number of aromatic nitrogens is 1. The van der Waals surface area contributed by atoms with Crippen molar-refractivity contribution in [3.8, 4) is 0 Å². The molecule has 1 saturated heterocycles. The lowest BCUT2D eigenvalue weighted by atomic mass is 10.0.